The molecular weight excluding hydrogens is 471 g/mol. The van der Waals surface area contributed by atoms with Crippen LogP contribution < -0.4 is 26.2 Å². The molecule has 1 unspecified atom stereocenters. The summed E-state index contributed by atoms with van der Waals surface area (Å²) < 4.78 is 19.4. The summed E-state index contributed by atoms with van der Waals surface area (Å²) in [6.45, 7) is 0.833. The number of rotatable bonds is 7. The highest BCUT2D eigenvalue weighted by atomic mass is 19.1. The molecular formula is C25H23FN4O6. The van der Waals surface area contributed by atoms with Gasteiger partial charge in [0.1, 0.15) is 11.3 Å². The highest BCUT2D eigenvalue weighted by molar-refractivity contribution is 6.11. The number of carbonyl (C=O) groups excluding carboxylic acids is 3. The number of aromatic hydroxyl groups is 1. The second-order valence-electron chi connectivity index (χ2n) is 8.14. The standard InChI is InChI=1S/C25H23FN4O6/c1-36-19-7-6-18(31)21(22(19)26)23(33)13-2-4-14(5-3-13)24(34)29-16-11-27-12-17(16)30-25(35)15-8-9-28-20(32)10-15/h2-10,16-17,27,31H,11-12H2,1H3,(H,28,32)(H,29,34)(H,30,35)/t16?,17-/m1/s1. The number of amides is 2. The SMILES string of the molecule is COc1ccc(O)c(C(=O)c2ccc(C(=O)NC3CNC[C@H]3NC(=O)c3cc[nH]c(=O)c3)cc2)c1F. The molecule has 1 aromatic heterocycles. The molecule has 0 spiro atoms. The van der Waals surface area contributed by atoms with Gasteiger partial charge in [-0.2, -0.15) is 0 Å². The van der Waals surface area contributed by atoms with E-state index in [1.54, 1.807) is 0 Å². The van der Waals surface area contributed by atoms with Crippen LogP contribution in [-0.4, -0.2) is 60.0 Å². The Hall–Kier alpha value is -4.51. The maximum Gasteiger partial charge on any atom is 0.251 e. The molecule has 36 heavy (non-hydrogen) atoms. The molecule has 10 nitrogen and oxygen atoms in total. The van der Waals surface area contributed by atoms with Crippen molar-refractivity contribution in [2.24, 2.45) is 0 Å². The zero-order valence-electron chi connectivity index (χ0n) is 19.1. The number of benzene rings is 2. The summed E-state index contributed by atoms with van der Waals surface area (Å²) in [5.74, 6) is -3.33. The van der Waals surface area contributed by atoms with Gasteiger partial charge in [-0.3, -0.25) is 19.2 Å². The Kier molecular flexibility index (Phi) is 7.11. The van der Waals surface area contributed by atoms with Gasteiger partial charge in [-0.1, -0.05) is 12.1 Å². The van der Waals surface area contributed by atoms with E-state index in [2.05, 4.69) is 20.9 Å². The number of nitrogens with one attached hydrogen (secondary N) is 4. The number of carbonyl (C=O) groups is 3. The van der Waals surface area contributed by atoms with Gasteiger partial charge >= 0.3 is 0 Å². The van der Waals surface area contributed by atoms with Gasteiger partial charge in [0.25, 0.3) is 11.8 Å². The lowest BCUT2D eigenvalue weighted by Gasteiger charge is -2.21. The fraction of sp³-hybridized carbons (Fsp3) is 0.200. The van der Waals surface area contributed by atoms with Gasteiger partial charge in [-0.15, -0.1) is 0 Å². The molecule has 4 rings (SSSR count). The molecule has 11 heteroatoms. The number of hydrogen-bond donors (Lipinski definition) is 5. The minimum Gasteiger partial charge on any atom is -0.507 e. The Morgan fingerprint density at radius 3 is 2.17 bits per heavy atom. The molecule has 0 bridgehead atoms. The minimum atomic E-state index is -0.980. The monoisotopic (exact) mass is 494 g/mol. The van der Waals surface area contributed by atoms with Gasteiger partial charge in [-0.05, 0) is 30.3 Å². The summed E-state index contributed by atoms with van der Waals surface area (Å²) in [6.07, 6.45) is 1.38. The zero-order chi connectivity index (χ0) is 25.8. The number of pyridine rings is 1. The highest BCUT2D eigenvalue weighted by Crippen LogP contribution is 2.30. The number of aromatic amines is 1. The molecule has 0 aliphatic carbocycles. The van der Waals surface area contributed by atoms with Gasteiger partial charge in [0.2, 0.25) is 5.56 Å². The van der Waals surface area contributed by atoms with Gasteiger partial charge in [0, 0.05) is 42.0 Å². The lowest BCUT2D eigenvalue weighted by Crippen LogP contribution is -2.51. The summed E-state index contributed by atoms with van der Waals surface area (Å²) in [6, 6.07) is 9.72. The first-order chi connectivity index (χ1) is 17.3. The van der Waals surface area contributed by atoms with E-state index in [0.29, 0.717) is 13.1 Å². The second kappa shape index (κ2) is 10.4. The molecule has 3 aromatic rings. The van der Waals surface area contributed by atoms with Crippen LogP contribution in [0.1, 0.15) is 36.6 Å². The Labute approximate surface area is 204 Å². The average Bonchev–Trinajstić information content (AvgIpc) is 3.30. The normalized spacial score (nSPS) is 16.8. The van der Waals surface area contributed by atoms with Crippen LogP contribution in [0.4, 0.5) is 4.39 Å². The molecule has 0 saturated carbocycles. The maximum absolute atomic E-state index is 14.5. The summed E-state index contributed by atoms with van der Waals surface area (Å²) in [5, 5.41) is 18.7. The largest absolute Gasteiger partial charge is 0.507 e. The molecule has 186 valence electrons. The highest BCUT2D eigenvalue weighted by Gasteiger charge is 2.30. The summed E-state index contributed by atoms with van der Waals surface area (Å²) in [5.41, 5.74) is -0.409. The summed E-state index contributed by atoms with van der Waals surface area (Å²) in [4.78, 5) is 51.9. The summed E-state index contributed by atoms with van der Waals surface area (Å²) in [7, 11) is 1.25. The molecule has 2 heterocycles. The third-order valence-electron chi connectivity index (χ3n) is 5.83. The minimum absolute atomic E-state index is 0.0690. The smallest absolute Gasteiger partial charge is 0.251 e. The van der Waals surface area contributed by atoms with Crippen molar-refractivity contribution >= 4 is 17.6 Å². The van der Waals surface area contributed by atoms with Crippen molar-refractivity contribution in [3.05, 3.63) is 93.2 Å². The molecule has 1 saturated heterocycles. The quantitative estimate of drug-likeness (QED) is 0.307. The van der Waals surface area contributed by atoms with Crippen LogP contribution in [0, 0.1) is 5.82 Å². The van der Waals surface area contributed by atoms with Crippen molar-refractivity contribution in [3.8, 4) is 11.5 Å². The Morgan fingerprint density at radius 2 is 1.56 bits per heavy atom. The molecule has 5 N–H and O–H groups in total. The fourth-order valence-corrected chi connectivity index (χ4v) is 3.91. The fourth-order valence-electron chi connectivity index (χ4n) is 3.91. The van der Waals surface area contributed by atoms with E-state index < -0.39 is 52.4 Å². The number of ketones is 1. The third kappa shape index (κ3) is 5.10. The number of phenolic OH excluding ortho intramolecular Hbond substituents is 1. The number of aromatic nitrogens is 1. The summed E-state index contributed by atoms with van der Waals surface area (Å²) >= 11 is 0. The van der Waals surface area contributed by atoms with E-state index in [-0.39, 0.29) is 22.4 Å². The van der Waals surface area contributed by atoms with Crippen molar-refractivity contribution in [2.45, 2.75) is 12.1 Å². The van der Waals surface area contributed by atoms with Gasteiger partial charge in [-0.25, -0.2) is 4.39 Å². The lowest BCUT2D eigenvalue weighted by molar-refractivity contribution is 0.0896. The van der Waals surface area contributed by atoms with Crippen LogP contribution in [0.15, 0.2) is 59.5 Å². The van der Waals surface area contributed by atoms with Crippen molar-refractivity contribution in [2.75, 3.05) is 20.2 Å². The van der Waals surface area contributed by atoms with E-state index in [1.807, 2.05) is 0 Å². The predicted octanol–water partition coefficient (Wildman–Crippen LogP) is 0.959. The zero-order valence-corrected chi connectivity index (χ0v) is 19.1. The average molecular weight is 494 g/mol. The third-order valence-corrected chi connectivity index (χ3v) is 5.83. The number of phenols is 1. The number of hydrogen-bond acceptors (Lipinski definition) is 7. The van der Waals surface area contributed by atoms with Crippen molar-refractivity contribution in [3.63, 3.8) is 0 Å². The maximum atomic E-state index is 14.5. The number of ether oxygens (including phenoxy) is 1. The number of halogens is 1. The molecule has 1 aliphatic rings. The number of H-pyrrole nitrogens is 1. The lowest BCUT2D eigenvalue weighted by atomic mass is 10.00. The Morgan fingerprint density at radius 1 is 0.944 bits per heavy atom. The second-order valence-corrected chi connectivity index (χ2v) is 8.14. The molecule has 2 atom stereocenters. The van der Waals surface area contributed by atoms with Crippen molar-refractivity contribution in [1.29, 1.82) is 0 Å². The van der Waals surface area contributed by atoms with E-state index in [9.17, 15) is 28.7 Å². The first kappa shape index (κ1) is 24.6. The van der Waals surface area contributed by atoms with Gasteiger partial charge < -0.3 is 30.8 Å². The van der Waals surface area contributed by atoms with Gasteiger partial charge in [0.05, 0.1) is 19.2 Å². The van der Waals surface area contributed by atoms with Crippen LogP contribution in [0.25, 0.3) is 0 Å². The molecule has 2 aromatic carbocycles. The van der Waals surface area contributed by atoms with Crippen LogP contribution in [0.2, 0.25) is 0 Å². The topological polar surface area (TPSA) is 150 Å². The molecule has 0 radical (unpaired) electrons. The van der Waals surface area contributed by atoms with E-state index >= 15 is 0 Å². The van der Waals surface area contributed by atoms with Crippen molar-refractivity contribution in [1.82, 2.24) is 20.9 Å². The predicted molar refractivity (Wildman–Crippen MR) is 127 cm³/mol. The van der Waals surface area contributed by atoms with E-state index in [0.717, 1.165) is 6.07 Å². The molecule has 2 amide bonds. The molecule has 1 aliphatic heterocycles. The first-order valence-corrected chi connectivity index (χ1v) is 11.0. The molecule has 1 fully saturated rings. The first-order valence-electron chi connectivity index (χ1n) is 11.0. The Bertz CT molecular complexity index is 1370. The van der Waals surface area contributed by atoms with E-state index in [1.165, 1.54) is 55.8 Å². The van der Waals surface area contributed by atoms with E-state index in [4.69, 9.17) is 4.74 Å². The number of methoxy groups -OCH3 is 1. The Balaban J connectivity index is 1.43. The van der Waals surface area contributed by atoms with Crippen LogP contribution in [-0.2, 0) is 0 Å². The van der Waals surface area contributed by atoms with Crippen LogP contribution in [0.5, 0.6) is 11.5 Å². The van der Waals surface area contributed by atoms with Crippen LogP contribution in [0.3, 0.4) is 0 Å². The van der Waals surface area contributed by atoms with Crippen LogP contribution >= 0.6 is 0 Å². The van der Waals surface area contributed by atoms with Gasteiger partial charge in [0.15, 0.2) is 17.3 Å². The van der Waals surface area contributed by atoms with Crippen molar-refractivity contribution < 1.29 is 28.6 Å².